The molecule has 0 saturated heterocycles. The summed E-state index contributed by atoms with van der Waals surface area (Å²) in [5.41, 5.74) is 5.04. The van der Waals surface area contributed by atoms with Crippen molar-refractivity contribution in [2.75, 3.05) is 6.54 Å². The molecular formula is C19H21N5O. The number of rotatable bonds is 4. The topological polar surface area (TPSA) is 66.8 Å². The maximum atomic E-state index is 12.6. The van der Waals surface area contributed by atoms with E-state index in [0.717, 1.165) is 30.8 Å². The van der Waals surface area contributed by atoms with Gasteiger partial charge in [-0.3, -0.25) is 9.89 Å². The van der Waals surface area contributed by atoms with Crippen molar-refractivity contribution < 1.29 is 4.79 Å². The highest BCUT2D eigenvalue weighted by atomic mass is 16.2. The molecule has 6 nitrogen and oxygen atoms in total. The molecule has 0 bridgehead atoms. The predicted octanol–water partition coefficient (Wildman–Crippen LogP) is 2.36. The summed E-state index contributed by atoms with van der Waals surface area (Å²) in [7, 11) is 0. The van der Waals surface area contributed by atoms with E-state index < -0.39 is 0 Å². The van der Waals surface area contributed by atoms with E-state index in [1.807, 2.05) is 24.2 Å². The van der Waals surface area contributed by atoms with E-state index in [2.05, 4.69) is 44.0 Å². The maximum absolute atomic E-state index is 12.6. The molecular weight excluding hydrogens is 314 g/mol. The van der Waals surface area contributed by atoms with Gasteiger partial charge in [0.1, 0.15) is 0 Å². The van der Waals surface area contributed by atoms with Gasteiger partial charge in [0.2, 0.25) is 0 Å². The smallest absolute Gasteiger partial charge is 0.257 e. The van der Waals surface area contributed by atoms with Crippen molar-refractivity contribution >= 4 is 5.91 Å². The molecule has 1 aliphatic heterocycles. The second kappa shape index (κ2) is 6.55. The summed E-state index contributed by atoms with van der Waals surface area (Å²) in [6, 6.07) is 10.5. The third-order valence-electron chi connectivity index (χ3n) is 4.82. The fourth-order valence-electron chi connectivity index (χ4n) is 3.37. The van der Waals surface area contributed by atoms with E-state index in [4.69, 9.17) is 0 Å². The molecule has 1 N–H and O–H groups in total. The number of fused-ring (bicyclic) bond motifs is 1. The highest BCUT2D eigenvalue weighted by Crippen LogP contribution is 2.20. The van der Waals surface area contributed by atoms with Gasteiger partial charge in [0.15, 0.2) is 0 Å². The number of hydrogen-bond acceptors (Lipinski definition) is 3. The zero-order valence-corrected chi connectivity index (χ0v) is 14.3. The van der Waals surface area contributed by atoms with Crippen LogP contribution in [0.5, 0.6) is 0 Å². The Morgan fingerprint density at radius 2 is 2.12 bits per heavy atom. The van der Waals surface area contributed by atoms with Gasteiger partial charge < -0.3 is 9.47 Å². The van der Waals surface area contributed by atoms with Crippen LogP contribution in [-0.2, 0) is 25.9 Å². The van der Waals surface area contributed by atoms with Crippen molar-refractivity contribution in [1.29, 1.82) is 0 Å². The van der Waals surface area contributed by atoms with Crippen LogP contribution in [0.4, 0.5) is 0 Å². The molecule has 0 fully saturated rings. The lowest BCUT2D eigenvalue weighted by Gasteiger charge is -2.27. The van der Waals surface area contributed by atoms with Crippen LogP contribution in [-0.4, -0.2) is 37.1 Å². The summed E-state index contributed by atoms with van der Waals surface area (Å²) in [5, 5.41) is 6.77. The van der Waals surface area contributed by atoms with Crippen LogP contribution in [0.2, 0.25) is 0 Å². The molecule has 0 saturated carbocycles. The Morgan fingerprint density at radius 3 is 2.88 bits per heavy atom. The van der Waals surface area contributed by atoms with E-state index in [1.165, 1.54) is 11.3 Å². The third kappa shape index (κ3) is 3.07. The van der Waals surface area contributed by atoms with Gasteiger partial charge in [0.25, 0.3) is 5.91 Å². The Labute approximate surface area is 146 Å². The molecule has 0 radical (unpaired) electrons. The minimum absolute atomic E-state index is 0.0238. The first kappa shape index (κ1) is 15.6. The van der Waals surface area contributed by atoms with Gasteiger partial charge in [-0.15, -0.1) is 0 Å². The standard InChI is InChI=1S/C19H21N5O/c1-14-16(11-21-22-14)19(25)23-10-8-18-17(12-23)20-13-24(18)9-7-15-5-3-2-4-6-15/h2-6,11,13H,7-10,12H2,1H3,(H,21,22). The number of nitrogens with one attached hydrogen (secondary N) is 1. The molecule has 0 spiro atoms. The second-order valence-electron chi connectivity index (χ2n) is 6.45. The molecule has 1 amide bonds. The zero-order chi connectivity index (χ0) is 17.2. The molecule has 4 rings (SSSR count). The molecule has 0 atom stereocenters. The predicted molar refractivity (Wildman–Crippen MR) is 94.1 cm³/mol. The first-order valence-electron chi connectivity index (χ1n) is 8.58. The highest BCUT2D eigenvalue weighted by molar-refractivity contribution is 5.95. The Bertz CT molecular complexity index is 880. The van der Waals surface area contributed by atoms with Crippen LogP contribution in [0.3, 0.4) is 0 Å². The molecule has 3 aromatic rings. The molecule has 25 heavy (non-hydrogen) atoms. The summed E-state index contributed by atoms with van der Waals surface area (Å²) in [6.07, 6.45) is 5.34. The minimum atomic E-state index is 0.0238. The Kier molecular flexibility index (Phi) is 4.09. The van der Waals surface area contributed by atoms with Gasteiger partial charge in [-0.05, 0) is 18.9 Å². The van der Waals surface area contributed by atoms with Gasteiger partial charge in [-0.1, -0.05) is 30.3 Å². The summed E-state index contributed by atoms with van der Waals surface area (Å²) in [5.74, 6) is 0.0238. The number of imidazole rings is 1. The summed E-state index contributed by atoms with van der Waals surface area (Å²) >= 11 is 0. The van der Waals surface area contributed by atoms with Crippen molar-refractivity contribution in [1.82, 2.24) is 24.6 Å². The van der Waals surface area contributed by atoms with Crippen LogP contribution in [0.15, 0.2) is 42.9 Å². The molecule has 2 aromatic heterocycles. The normalized spacial score (nSPS) is 13.7. The monoisotopic (exact) mass is 335 g/mol. The zero-order valence-electron chi connectivity index (χ0n) is 14.3. The maximum Gasteiger partial charge on any atom is 0.257 e. The van der Waals surface area contributed by atoms with Gasteiger partial charge in [0, 0.05) is 30.9 Å². The van der Waals surface area contributed by atoms with Crippen LogP contribution >= 0.6 is 0 Å². The molecule has 0 aliphatic carbocycles. The number of benzene rings is 1. The number of carbonyl (C=O) groups excluding carboxylic acids is 1. The molecule has 128 valence electrons. The Balaban J connectivity index is 1.45. The Hall–Kier alpha value is -2.89. The van der Waals surface area contributed by atoms with Crippen LogP contribution in [0.1, 0.15) is 33.0 Å². The van der Waals surface area contributed by atoms with Crippen molar-refractivity contribution in [2.45, 2.75) is 32.9 Å². The van der Waals surface area contributed by atoms with Crippen molar-refractivity contribution in [3.63, 3.8) is 0 Å². The van der Waals surface area contributed by atoms with Gasteiger partial charge in [0.05, 0.1) is 30.3 Å². The highest BCUT2D eigenvalue weighted by Gasteiger charge is 2.26. The van der Waals surface area contributed by atoms with Gasteiger partial charge in [-0.25, -0.2) is 4.98 Å². The van der Waals surface area contributed by atoms with Crippen LogP contribution in [0, 0.1) is 6.92 Å². The van der Waals surface area contributed by atoms with E-state index in [0.29, 0.717) is 18.7 Å². The quantitative estimate of drug-likeness (QED) is 0.796. The lowest BCUT2D eigenvalue weighted by molar-refractivity contribution is 0.0730. The van der Waals surface area contributed by atoms with Crippen LogP contribution < -0.4 is 0 Å². The molecule has 3 heterocycles. The first-order chi connectivity index (χ1) is 12.2. The van der Waals surface area contributed by atoms with Gasteiger partial charge in [-0.2, -0.15) is 5.10 Å². The number of H-pyrrole nitrogens is 1. The van der Waals surface area contributed by atoms with Crippen molar-refractivity contribution in [3.8, 4) is 0 Å². The fourth-order valence-corrected chi connectivity index (χ4v) is 3.37. The average molecular weight is 335 g/mol. The second-order valence-corrected chi connectivity index (χ2v) is 6.45. The lowest BCUT2D eigenvalue weighted by atomic mass is 10.1. The van der Waals surface area contributed by atoms with E-state index >= 15 is 0 Å². The van der Waals surface area contributed by atoms with E-state index in [1.54, 1.807) is 6.20 Å². The van der Waals surface area contributed by atoms with Crippen molar-refractivity contribution in [3.05, 3.63) is 71.1 Å². The minimum Gasteiger partial charge on any atom is -0.334 e. The number of nitrogens with zero attached hydrogens (tertiary/aromatic N) is 4. The third-order valence-corrected chi connectivity index (χ3v) is 4.82. The van der Waals surface area contributed by atoms with E-state index in [9.17, 15) is 4.79 Å². The average Bonchev–Trinajstić information content (AvgIpc) is 3.25. The number of carbonyl (C=O) groups is 1. The van der Waals surface area contributed by atoms with Gasteiger partial charge >= 0.3 is 0 Å². The number of amides is 1. The van der Waals surface area contributed by atoms with Crippen molar-refractivity contribution in [2.24, 2.45) is 0 Å². The number of aryl methyl sites for hydroxylation is 3. The summed E-state index contributed by atoms with van der Waals surface area (Å²) < 4.78 is 2.23. The summed E-state index contributed by atoms with van der Waals surface area (Å²) in [6.45, 7) is 4.07. The fraction of sp³-hybridized carbons (Fsp3) is 0.316. The first-order valence-corrected chi connectivity index (χ1v) is 8.58. The largest absolute Gasteiger partial charge is 0.334 e. The molecule has 6 heteroatoms. The SMILES string of the molecule is Cc1[nH]ncc1C(=O)N1CCc2c(ncn2CCc2ccccc2)C1. The summed E-state index contributed by atoms with van der Waals surface area (Å²) in [4.78, 5) is 19.0. The Morgan fingerprint density at radius 1 is 1.28 bits per heavy atom. The van der Waals surface area contributed by atoms with Crippen LogP contribution in [0.25, 0.3) is 0 Å². The lowest BCUT2D eigenvalue weighted by Crippen LogP contribution is -2.36. The number of hydrogen-bond donors (Lipinski definition) is 1. The molecule has 0 unspecified atom stereocenters. The number of aromatic nitrogens is 4. The molecule has 1 aromatic carbocycles. The van der Waals surface area contributed by atoms with E-state index in [-0.39, 0.29) is 5.91 Å². The molecule has 1 aliphatic rings. The number of aromatic amines is 1.